The van der Waals surface area contributed by atoms with Crippen molar-refractivity contribution in [2.45, 2.75) is 32.1 Å². The molecule has 0 bridgehead atoms. The van der Waals surface area contributed by atoms with E-state index in [2.05, 4.69) is 11.2 Å². The van der Waals surface area contributed by atoms with E-state index in [1.807, 2.05) is 35.3 Å². The van der Waals surface area contributed by atoms with Crippen molar-refractivity contribution in [1.29, 1.82) is 0 Å². The molecule has 0 spiro atoms. The number of imidazole rings is 1. The van der Waals surface area contributed by atoms with E-state index in [4.69, 9.17) is 23.2 Å². The van der Waals surface area contributed by atoms with Gasteiger partial charge in [0.15, 0.2) is 0 Å². The van der Waals surface area contributed by atoms with E-state index in [0.717, 1.165) is 10.6 Å². The molecule has 1 aromatic carbocycles. The molecule has 1 aliphatic rings. The molecule has 0 atom stereocenters. The average Bonchev–Trinajstić information content (AvgIpc) is 2.99. The molecule has 1 aromatic heterocycles. The first-order valence-corrected chi connectivity index (χ1v) is 8.14. The second-order valence-corrected chi connectivity index (χ2v) is 6.40. The molecule has 1 heterocycles. The van der Waals surface area contributed by atoms with Crippen LogP contribution in [-0.2, 0) is 0 Å². The summed E-state index contributed by atoms with van der Waals surface area (Å²) in [4.78, 5) is 4.11. The number of halogens is 2. The molecule has 1 aliphatic carbocycles. The van der Waals surface area contributed by atoms with E-state index in [-0.39, 0.29) is 0 Å². The van der Waals surface area contributed by atoms with Gasteiger partial charge in [-0.2, -0.15) is 0 Å². The van der Waals surface area contributed by atoms with Crippen LogP contribution >= 0.6 is 23.2 Å². The Hall–Kier alpha value is -1.25. The zero-order valence-corrected chi connectivity index (χ0v) is 13.3. The summed E-state index contributed by atoms with van der Waals surface area (Å²) in [5, 5.41) is 1.40. The third kappa shape index (κ3) is 3.50. The van der Waals surface area contributed by atoms with E-state index >= 15 is 0 Å². The van der Waals surface area contributed by atoms with Gasteiger partial charge in [0.05, 0.1) is 6.33 Å². The molecule has 0 saturated heterocycles. The maximum Gasteiger partial charge on any atom is 0.0986 e. The Labute approximate surface area is 135 Å². The Morgan fingerprint density at radius 1 is 1.19 bits per heavy atom. The summed E-state index contributed by atoms with van der Waals surface area (Å²) in [6.45, 7) is 0. The maximum absolute atomic E-state index is 6.43. The summed E-state index contributed by atoms with van der Waals surface area (Å²) in [5.74, 6) is 0.555. The molecule has 0 N–H and O–H groups in total. The lowest BCUT2D eigenvalue weighted by Gasteiger charge is -2.25. The lowest BCUT2D eigenvalue weighted by molar-refractivity contribution is 0.430. The fourth-order valence-electron chi connectivity index (χ4n) is 3.04. The quantitative estimate of drug-likeness (QED) is 0.702. The van der Waals surface area contributed by atoms with Crippen LogP contribution in [0.4, 0.5) is 0 Å². The predicted molar refractivity (Wildman–Crippen MR) is 89.4 cm³/mol. The zero-order chi connectivity index (χ0) is 14.7. The van der Waals surface area contributed by atoms with E-state index in [0.29, 0.717) is 10.9 Å². The highest BCUT2D eigenvalue weighted by Gasteiger charge is 2.21. The lowest BCUT2D eigenvalue weighted by atomic mass is 9.81. The first-order valence-electron chi connectivity index (χ1n) is 7.38. The van der Waals surface area contributed by atoms with Crippen molar-refractivity contribution < 1.29 is 0 Å². The van der Waals surface area contributed by atoms with Gasteiger partial charge in [-0.25, -0.2) is 4.98 Å². The Bertz CT molecular complexity index is 626. The SMILES string of the molecule is Clc1ccc(C(=Cn2ccnc2)C2CCCCC2)c(Cl)c1. The van der Waals surface area contributed by atoms with E-state index in [1.165, 1.54) is 37.7 Å². The average molecular weight is 321 g/mol. The van der Waals surface area contributed by atoms with Gasteiger partial charge in [0, 0.05) is 28.6 Å². The Balaban J connectivity index is 2.02. The van der Waals surface area contributed by atoms with Gasteiger partial charge >= 0.3 is 0 Å². The molecule has 0 amide bonds. The largest absolute Gasteiger partial charge is 0.313 e. The number of rotatable bonds is 3. The number of benzene rings is 1. The second kappa shape index (κ2) is 6.67. The van der Waals surface area contributed by atoms with Crippen molar-refractivity contribution in [3.63, 3.8) is 0 Å². The van der Waals surface area contributed by atoms with E-state index in [9.17, 15) is 0 Å². The highest BCUT2D eigenvalue weighted by molar-refractivity contribution is 6.35. The van der Waals surface area contributed by atoms with Gasteiger partial charge in [0.25, 0.3) is 0 Å². The predicted octanol–water partition coefficient (Wildman–Crippen LogP) is 5.77. The second-order valence-electron chi connectivity index (χ2n) is 5.55. The van der Waals surface area contributed by atoms with Crippen molar-refractivity contribution in [3.05, 3.63) is 52.5 Å². The van der Waals surface area contributed by atoms with Gasteiger partial charge in [-0.05, 0) is 42.0 Å². The minimum Gasteiger partial charge on any atom is -0.313 e. The number of allylic oxidation sites excluding steroid dienone is 1. The molecule has 2 nitrogen and oxygen atoms in total. The van der Waals surface area contributed by atoms with Crippen molar-refractivity contribution >= 4 is 35.0 Å². The highest BCUT2D eigenvalue weighted by Crippen LogP contribution is 2.39. The minimum absolute atomic E-state index is 0.555. The van der Waals surface area contributed by atoms with Crippen LogP contribution in [0.15, 0.2) is 36.9 Å². The summed E-state index contributed by atoms with van der Waals surface area (Å²) in [5.41, 5.74) is 2.37. The summed E-state index contributed by atoms with van der Waals surface area (Å²) in [7, 11) is 0. The van der Waals surface area contributed by atoms with Crippen LogP contribution in [0.25, 0.3) is 11.8 Å². The Morgan fingerprint density at radius 3 is 2.67 bits per heavy atom. The zero-order valence-electron chi connectivity index (χ0n) is 11.8. The van der Waals surface area contributed by atoms with Crippen LogP contribution < -0.4 is 0 Å². The summed E-state index contributed by atoms with van der Waals surface area (Å²) in [6.07, 6.45) is 14.1. The van der Waals surface area contributed by atoms with Crippen molar-refractivity contribution in [2.24, 2.45) is 5.92 Å². The number of aromatic nitrogens is 2. The Morgan fingerprint density at radius 2 is 2.00 bits per heavy atom. The van der Waals surface area contributed by atoms with E-state index < -0.39 is 0 Å². The summed E-state index contributed by atoms with van der Waals surface area (Å²) >= 11 is 12.5. The van der Waals surface area contributed by atoms with Crippen LogP contribution in [0.3, 0.4) is 0 Å². The number of hydrogen-bond donors (Lipinski definition) is 0. The molecule has 1 fully saturated rings. The molecule has 0 aliphatic heterocycles. The fraction of sp³-hybridized carbons (Fsp3) is 0.353. The molecular formula is C17H18Cl2N2. The van der Waals surface area contributed by atoms with Crippen molar-refractivity contribution in [1.82, 2.24) is 9.55 Å². The molecular weight excluding hydrogens is 303 g/mol. The van der Waals surface area contributed by atoms with Crippen molar-refractivity contribution in [3.8, 4) is 0 Å². The van der Waals surface area contributed by atoms with Crippen LogP contribution in [0.1, 0.15) is 37.7 Å². The first-order chi connectivity index (χ1) is 10.2. The maximum atomic E-state index is 6.43. The minimum atomic E-state index is 0.555. The third-order valence-electron chi connectivity index (χ3n) is 4.10. The Kier molecular flexibility index (Phi) is 4.67. The van der Waals surface area contributed by atoms with Crippen LogP contribution in [0, 0.1) is 5.92 Å². The van der Waals surface area contributed by atoms with E-state index in [1.54, 1.807) is 6.20 Å². The number of hydrogen-bond acceptors (Lipinski definition) is 1. The topological polar surface area (TPSA) is 17.8 Å². The molecule has 21 heavy (non-hydrogen) atoms. The monoisotopic (exact) mass is 320 g/mol. The van der Waals surface area contributed by atoms with Gasteiger partial charge < -0.3 is 4.57 Å². The molecule has 3 rings (SSSR count). The highest BCUT2D eigenvalue weighted by atomic mass is 35.5. The third-order valence-corrected chi connectivity index (χ3v) is 4.65. The first kappa shape index (κ1) is 14.7. The van der Waals surface area contributed by atoms with Crippen LogP contribution in [0.2, 0.25) is 10.0 Å². The fourth-order valence-corrected chi connectivity index (χ4v) is 3.56. The normalized spacial score (nSPS) is 17.1. The van der Waals surface area contributed by atoms with Crippen LogP contribution in [-0.4, -0.2) is 9.55 Å². The van der Waals surface area contributed by atoms with Crippen molar-refractivity contribution in [2.75, 3.05) is 0 Å². The van der Waals surface area contributed by atoms with Gasteiger partial charge in [0.1, 0.15) is 0 Å². The summed E-state index contributed by atoms with van der Waals surface area (Å²) in [6, 6.07) is 5.76. The molecule has 2 aromatic rings. The standard InChI is InChI=1S/C17H18Cl2N2/c18-14-6-7-15(17(19)10-14)16(11-21-9-8-20-12-21)13-4-2-1-3-5-13/h6-13H,1-5H2. The van der Waals surface area contributed by atoms with Crippen LogP contribution in [0.5, 0.6) is 0 Å². The van der Waals surface area contributed by atoms with Gasteiger partial charge in [-0.15, -0.1) is 0 Å². The van der Waals surface area contributed by atoms with Gasteiger partial charge in [0.2, 0.25) is 0 Å². The smallest absolute Gasteiger partial charge is 0.0986 e. The molecule has 0 radical (unpaired) electrons. The lowest BCUT2D eigenvalue weighted by Crippen LogP contribution is -2.09. The molecule has 1 saturated carbocycles. The van der Waals surface area contributed by atoms with Gasteiger partial charge in [-0.3, -0.25) is 0 Å². The molecule has 0 unspecified atom stereocenters. The van der Waals surface area contributed by atoms with Gasteiger partial charge in [-0.1, -0.05) is 48.5 Å². The number of nitrogens with zero attached hydrogens (tertiary/aromatic N) is 2. The molecule has 4 heteroatoms. The summed E-state index contributed by atoms with van der Waals surface area (Å²) < 4.78 is 1.99. The molecule has 110 valence electrons.